The standard InChI is InChI=1S/C28H34ClN3O5/c1-3-14-30-15-5-12-27(4-2)21(24(30)34)22-25(35)32(17-7-18-33)23-26(36)31(16-6-13-28(22,23)37-27)20-10-8-19(29)9-11-20/h5-6,8-13,21-23,33H,3-4,7,14-18H2,1-2H3/t21-,22+,23?,27+,28+/m1/s1. The third-order valence-electron chi connectivity index (χ3n) is 8.21. The lowest BCUT2D eigenvalue weighted by molar-refractivity contribution is -0.150. The Balaban J connectivity index is 1.64. The van der Waals surface area contributed by atoms with Gasteiger partial charge in [-0.05, 0) is 43.5 Å². The Morgan fingerprint density at radius 3 is 2.38 bits per heavy atom. The number of likely N-dealkylation sites (tertiary alicyclic amines) is 1. The van der Waals surface area contributed by atoms with Crippen molar-refractivity contribution < 1.29 is 24.2 Å². The summed E-state index contributed by atoms with van der Waals surface area (Å²) >= 11 is 6.09. The van der Waals surface area contributed by atoms with E-state index >= 15 is 0 Å². The monoisotopic (exact) mass is 527 g/mol. The number of hydrogen-bond acceptors (Lipinski definition) is 5. The maximum Gasteiger partial charge on any atom is 0.253 e. The number of halogens is 1. The predicted octanol–water partition coefficient (Wildman–Crippen LogP) is 2.79. The fourth-order valence-corrected chi connectivity index (χ4v) is 6.74. The van der Waals surface area contributed by atoms with Crippen LogP contribution in [0.3, 0.4) is 0 Å². The molecule has 2 fully saturated rings. The van der Waals surface area contributed by atoms with Crippen molar-refractivity contribution in [1.29, 1.82) is 0 Å². The van der Waals surface area contributed by atoms with E-state index in [1.54, 1.807) is 34.1 Å². The zero-order chi connectivity index (χ0) is 26.4. The SMILES string of the molecule is CCCN1CC=C[C@]2(CC)O[C@]34C=CCN(c5ccc(Cl)cc5)C(=O)C3N(CCCO)C(=O)[C@@H]4[C@@H]2C1=O. The van der Waals surface area contributed by atoms with Gasteiger partial charge in [0.2, 0.25) is 11.8 Å². The van der Waals surface area contributed by atoms with Crippen molar-refractivity contribution in [2.24, 2.45) is 11.8 Å². The van der Waals surface area contributed by atoms with Gasteiger partial charge in [-0.15, -0.1) is 0 Å². The van der Waals surface area contributed by atoms with E-state index in [1.165, 1.54) is 4.90 Å². The zero-order valence-corrected chi connectivity index (χ0v) is 22.1. The van der Waals surface area contributed by atoms with Crippen LogP contribution in [0.2, 0.25) is 5.02 Å². The van der Waals surface area contributed by atoms with Gasteiger partial charge in [-0.3, -0.25) is 14.4 Å². The second-order valence-corrected chi connectivity index (χ2v) is 10.7. The Labute approximate surface area is 222 Å². The molecule has 5 rings (SSSR count). The molecule has 2 saturated heterocycles. The Morgan fingerprint density at radius 2 is 1.70 bits per heavy atom. The molecule has 1 N–H and O–H groups in total. The summed E-state index contributed by atoms with van der Waals surface area (Å²) in [5.41, 5.74) is -1.61. The summed E-state index contributed by atoms with van der Waals surface area (Å²) in [4.78, 5) is 47.4. The molecule has 3 amide bonds. The van der Waals surface area contributed by atoms with Gasteiger partial charge in [0.15, 0.2) is 0 Å². The summed E-state index contributed by atoms with van der Waals surface area (Å²) in [6, 6.07) is 6.05. The zero-order valence-electron chi connectivity index (χ0n) is 21.3. The molecule has 0 aliphatic carbocycles. The molecule has 8 nitrogen and oxygen atoms in total. The molecule has 37 heavy (non-hydrogen) atoms. The number of ether oxygens (including phenoxy) is 1. The van der Waals surface area contributed by atoms with E-state index in [9.17, 15) is 19.5 Å². The third-order valence-corrected chi connectivity index (χ3v) is 8.46. The largest absolute Gasteiger partial charge is 0.396 e. The van der Waals surface area contributed by atoms with Gasteiger partial charge in [0.25, 0.3) is 5.91 Å². The average Bonchev–Trinajstić information content (AvgIpc) is 3.18. The van der Waals surface area contributed by atoms with E-state index in [0.717, 1.165) is 6.42 Å². The second-order valence-electron chi connectivity index (χ2n) is 10.2. The number of carbonyl (C=O) groups excluding carboxylic acids is 3. The molecular weight excluding hydrogens is 494 g/mol. The van der Waals surface area contributed by atoms with Gasteiger partial charge < -0.3 is 24.5 Å². The second kappa shape index (κ2) is 9.89. The maximum atomic E-state index is 14.3. The van der Waals surface area contributed by atoms with Crippen molar-refractivity contribution in [2.75, 3.05) is 37.7 Å². The number of anilines is 1. The van der Waals surface area contributed by atoms with Crippen molar-refractivity contribution in [2.45, 2.75) is 50.4 Å². The summed E-state index contributed by atoms with van der Waals surface area (Å²) in [7, 11) is 0. The summed E-state index contributed by atoms with van der Waals surface area (Å²) in [6.45, 7) is 5.42. The molecule has 1 aromatic rings. The molecule has 4 aliphatic heterocycles. The summed E-state index contributed by atoms with van der Waals surface area (Å²) in [6.07, 6.45) is 9.25. The molecule has 0 bridgehead atoms. The number of rotatable bonds is 7. The number of hydrogen-bond donors (Lipinski definition) is 1. The van der Waals surface area contributed by atoms with E-state index < -0.39 is 29.1 Å². The van der Waals surface area contributed by atoms with Crippen LogP contribution in [-0.2, 0) is 19.1 Å². The molecule has 0 radical (unpaired) electrons. The first-order valence-electron chi connectivity index (χ1n) is 13.2. The topological polar surface area (TPSA) is 90.4 Å². The molecule has 4 aliphatic rings. The Kier molecular flexibility index (Phi) is 6.94. The van der Waals surface area contributed by atoms with Gasteiger partial charge in [-0.25, -0.2) is 0 Å². The number of aliphatic hydroxyl groups excluding tert-OH is 1. The van der Waals surface area contributed by atoms with E-state index in [2.05, 4.69) is 0 Å². The van der Waals surface area contributed by atoms with Gasteiger partial charge >= 0.3 is 0 Å². The minimum Gasteiger partial charge on any atom is -0.396 e. The molecule has 0 saturated carbocycles. The van der Waals surface area contributed by atoms with Crippen LogP contribution in [-0.4, -0.2) is 82.7 Å². The first-order valence-corrected chi connectivity index (χ1v) is 13.5. The van der Waals surface area contributed by atoms with Crippen LogP contribution in [0, 0.1) is 11.8 Å². The molecular formula is C28H34ClN3O5. The minimum absolute atomic E-state index is 0.105. The maximum absolute atomic E-state index is 14.3. The molecule has 1 aromatic carbocycles. The highest BCUT2D eigenvalue weighted by molar-refractivity contribution is 6.30. The number of nitrogens with zero attached hydrogens (tertiary/aromatic N) is 3. The number of aliphatic hydroxyl groups is 1. The molecule has 0 aromatic heterocycles. The number of fused-ring (bicyclic) bond motifs is 2. The fraction of sp³-hybridized carbons (Fsp3) is 0.536. The first kappa shape index (κ1) is 25.9. The summed E-state index contributed by atoms with van der Waals surface area (Å²) in [5.74, 6) is -2.22. The third kappa shape index (κ3) is 3.92. The molecule has 9 heteroatoms. The van der Waals surface area contributed by atoms with Crippen LogP contribution in [0.1, 0.15) is 33.1 Å². The van der Waals surface area contributed by atoms with E-state index in [1.807, 2.05) is 38.2 Å². The smallest absolute Gasteiger partial charge is 0.253 e. The number of carbonyl (C=O) groups is 3. The Hall–Kier alpha value is -2.68. The van der Waals surface area contributed by atoms with Gasteiger partial charge in [0, 0.05) is 43.5 Å². The van der Waals surface area contributed by atoms with Gasteiger partial charge in [-0.1, -0.05) is 49.8 Å². The van der Waals surface area contributed by atoms with Gasteiger partial charge in [0.05, 0.1) is 17.4 Å². The highest BCUT2D eigenvalue weighted by Crippen LogP contribution is 2.58. The quantitative estimate of drug-likeness (QED) is 0.551. The molecule has 5 atom stereocenters. The number of amides is 3. The lowest BCUT2D eigenvalue weighted by atomic mass is 9.73. The van der Waals surface area contributed by atoms with Crippen LogP contribution in [0.15, 0.2) is 48.6 Å². The van der Waals surface area contributed by atoms with Gasteiger partial charge in [-0.2, -0.15) is 0 Å². The van der Waals surface area contributed by atoms with Crippen molar-refractivity contribution in [3.63, 3.8) is 0 Å². The van der Waals surface area contributed by atoms with Crippen molar-refractivity contribution >= 4 is 35.0 Å². The molecule has 198 valence electrons. The normalized spacial score (nSPS) is 32.9. The summed E-state index contributed by atoms with van der Waals surface area (Å²) in [5, 5.41) is 10.1. The number of benzene rings is 1. The predicted molar refractivity (Wildman–Crippen MR) is 140 cm³/mol. The van der Waals surface area contributed by atoms with Crippen LogP contribution < -0.4 is 4.90 Å². The lowest BCUT2D eigenvalue weighted by Gasteiger charge is -2.38. The minimum atomic E-state index is -1.29. The summed E-state index contributed by atoms with van der Waals surface area (Å²) < 4.78 is 6.91. The van der Waals surface area contributed by atoms with Crippen molar-refractivity contribution in [1.82, 2.24) is 9.80 Å². The van der Waals surface area contributed by atoms with Gasteiger partial charge in [0.1, 0.15) is 11.6 Å². The van der Waals surface area contributed by atoms with Crippen LogP contribution in [0.5, 0.6) is 0 Å². The Bertz CT molecular complexity index is 1140. The van der Waals surface area contributed by atoms with Crippen LogP contribution >= 0.6 is 11.6 Å². The average molecular weight is 528 g/mol. The van der Waals surface area contributed by atoms with Crippen molar-refractivity contribution in [3.8, 4) is 0 Å². The Morgan fingerprint density at radius 1 is 0.973 bits per heavy atom. The lowest BCUT2D eigenvalue weighted by Crippen LogP contribution is -2.56. The van der Waals surface area contributed by atoms with Crippen molar-refractivity contribution in [3.05, 3.63) is 53.6 Å². The van der Waals surface area contributed by atoms with E-state index in [-0.39, 0.29) is 30.9 Å². The van der Waals surface area contributed by atoms with Crippen LogP contribution in [0.4, 0.5) is 5.69 Å². The molecule has 4 heterocycles. The highest BCUT2D eigenvalue weighted by atomic mass is 35.5. The molecule has 1 spiro atoms. The van der Waals surface area contributed by atoms with Crippen LogP contribution in [0.25, 0.3) is 0 Å². The first-order chi connectivity index (χ1) is 17.8. The fourth-order valence-electron chi connectivity index (χ4n) is 6.62. The highest BCUT2D eigenvalue weighted by Gasteiger charge is 2.75. The molecule has 1 unspecified atom stereocenters. The van der Waals surface area contributed by atoms with E-state index in [0.29, 0.717) is 43.2 Å². The van der Waals surface area contributed by atoms with E-state index in [4.69, 9.17) is 16.3 Å².